The van der Waals surface area contributed by atoms with Crippen LogP contribution in [0.25, 0.3) is 0 Å². The summed E-state index contributed by atoms with van der Waals surface area (Å²) >= 11 is 0. The molecular weight excluding hydrogens is 268 g/mol. The number of nitrogens with zero attached hydrogens (tertiary/aromatic N) is 2. The Balaban J connectivity index is 3.21. The Hall–Kier alpha value is -1.41. The van der Waals surface area contributed by atoms with Crippen LogP contribution in [0.2, 0.25) is 0 Å². The molecule has 0 bridgehead atoms. The highest BCUT2D eigenvalue weighted by atomic mass is 16.6. The normalized spacial score (nSPS) is 20.3. The number of hydrogen-bond acceptors (Lipinski definition) is 5. The van der Waals surface area contributed by atoms with Gasteiger partial charge in [0.2, 0.25) is 5.54 Å². The number of rotatable bonds is 6. The summed E-state index contributed by atoms with van der Waals surface area (Å²) in [6, 6.07) is 2.21. The van der Waals surface area contributed by atoms with Gasteiger partial charge in [0, 0.05) is 25.4 Å². The number of esters is 1. The third kappa shape index (κ3) is 3.82. The molecular formula is C16H26N2O3. The fraction of sp³-hybridized carbons (Fsp3) is 0.812. The molecule has 1 aliphatic rings. The van der Waals surface area contributed by atoms with Gasteiger partial charge in [-0.25, -0.2) is 4.79 Å². The molecule has 0 aromatic rings. The van der Waals surface area contributed by atoms with Gasteiger partial charge in [0.1, 0.15) is 11.9 Å². The molecule has 1 rings (SSSR count). The summed E-state index contributed by atoms with van der Waals surface area (Å²) in [6.07, 6.45) is 3.50. The topological polar surface area (TPSA) is 70.4 Å². The number of hydrogen-bond donors (Lipinski definition) is 0. The lowest BCUT2D eigenvalue weighted by atomic mass is 9.79. The molecule has 21 heavy (non-hydrogen) atoms. The van der Waals surface area contributed by atoms with Gasteiger partial charge in [0.15, 0.2) is 0 Å². The first-order valence-electron chi connectivity index (χ1n) is 7.65. The molecule has 0 aromatic carbocycles. The van der Waals surface area contributed by atoms with Crippen molar-refractivity contribution in [2.24, 2.45) is 5.92 Å². The van der Waals surface area contributed by atoms with Gasteiger partial charge in [-0.3, -0.25) is 4.90 Å². The molecule has 5 nitrogen and oxygen atoms in total. The van der Waals surface area contributed by atoms with Crippen LogP contribution in [0.4, 0.5) is 0 Å². The SMILES string of the molecule is CC[C@H](CC=O)C(C#N)(C(=O)OC(C)(C)C)N1CCCC1. The average Bonchev–Trinajstić information content (AvgIpc) is 2.91. The molecule has 0 amide bonds. The number of likely N-dealkylation sites (tertiary alicyclic amines) is 1. The van der Waals surface area contributed by atoms with E-state index in [1.54, 1.807) is 20.8 Å². The first-order valence-corrected chi connectivity index (χ1v) is 7.65. The van der Waals surface area contributed by atoms with E-state index in [0.29, 0.717) is 19.5 Å². The van der Waals surface area contributed by atoms with Gasteiger partial charge < -0.3 is 9.53 Å². The second-order valence-electron chi connectivity index (χ2n) is 6.58. The summed E-state index contributed by atoms with van der Waals surface area (Å²) in [4.78, 5) is 25.7. The Labute approximate surface area is 127 Å². The monoisotopic (exact) mass is 294 g/mol. The van der Waals surface area contributed by atoms with Crippen LogP contribution in [0.5, 0.6) is 0 Å². The Bertz CT molecular complexity index is 416. The molecule has 0 N–H and O–H groups in total. The third-order valence-corrected chi connectivity index (χ3v) is 3.95. The predicted molar refractivity (Wildman–Crippen MR) is 79.5 cm³/mol. The quantitative estimate of drug-likeness (QED) is 0.555. The lowest BCUT2D eigenvalue weighted by Crippen LogP contribution is -2.59. The molecule has 0 saturated carbocycles. The van der Waals surface area contributed by atoms with Gasteiger partial charge in [-0.1, -0.05) is 6.92 Å². The van der Waals surface area contributed by atoms with E-state index in [2.05, 4.69) is 6.07 Å². The number of carbonyl (C=O) groups is 2. The van der Waals surface area contributed by atoms with Crippen molar-refractivity contribution in [1.82, 2.24) is 4.90 Å². The summed E-state index contributed by atoms with van der Waals surface area (Å²) in [5.41, 5.74) is -2.00. The van der Waals surface area contributed by atoms with Crippen LogP contribution in [0.15, 0.2) is 0 Å². The predicted octanol–water partition coefficient (Wildman–Crippen LogP) is 2.30. The number of nitriles is 1. The maximum atomic E-state index is 12.8. The largest absolute Gasteiger partial charge is 0.458 e. The van der Waals surface area contributed by atoms with Crippen molar-refractivity contribution in [1.29, 1.82) is 5.26 Å². The van der Waals surface area contributed by atoms with Crippen LogP contribution in [0.1, 0.15) is 53.4 Å². The zero-order valence-electron chi connectivity index (χ0n) is 13.5. The van der Waals surface area contributed by atoms with Gasteiger partial charge in [-0.05, 0) is 40.0 Å². The molecule has 1 heterocycles. The van der Waals surface area contributed by atoms with Gasteiger partial charge >= 0.3 is 5.97 Å². The summed E-state index contributed by atoms with van der Waals surface area (Å²) < 4.78 is 5.52. The summed E-state index contributed by atoms with van der Waals surface area (Å²) in [5, 5.41) is 9.82. The van der Waals surface area contributed by atoms with Crippen LogP contribution in [0.3, 0.4) is 0 Å². The van der Waals surface area contributed by atoms with Crippen molar-refractivity contribution in [3.63, 3.8) is 0 Å². The summed E-state index contributed by atoms with van der Waals surface area (Å²) in [6.45, 7) is 8.66. The van der Waals surface area contributed by atoms with Crippen LogP contribution in [-0.2, 0) is 14.3 Å². The van der Waals surface area contributed by atoms with Crippen LogP contribution in [0, 0.1) is 17.2 Å². The van der Waals surface area contributed by atoms with Crippen molar-refractivity contribution < 1.29 is 14.3 Å². The second-order valence-corrected chi connectivity index (χ2v) is 6.58. The fourth-order valence-corrected chi connectivity index (χ4v) is 2.94. The van der Waals surface area contributed by atoms with E-state index in [4.69, 9.17) is 4.74 Å². The van der Waals surface area contributed by atoms with Gasteiger partial charge in [-0.2, -0.15) is 5.26 Å². The van der Waals surface area contributed by atoms with Crippen molar-refractivity contribution in [3.05, 3.63) is 0 Å². The van der Waals surface area contributed by atoms with Gasteiger partial charge in [-0.15, -0.1) is 0 Å². The van der Waals surface area contributed by atoms with Crippen LogP contribution in [-0.4, -0.2) is 41.4 Å². The minimum absolute atomic E-state index is 0.194. The summed E-state index contributed by atoms with van der Waals surface area (Å²) in [5.74, 6) is -0.860. The first kappa shape index (κ1) is 17.6. The van der Waals surface area contributed by atoms with Crippen molar-refractivity contribution >= 4 is 12.3 Å². The molecule has 0 aliphatic carbocycles. The van der Waals surface area contributed by atoms with Gasteiger partial charge in [0.05, 0.1) is 6.07 Å². The zero-order valence-corrected chi connectivity index (χ0v) is 13.5. The Kier molecular flexibility index (Phi) is 5.91. The van der Waals surface area contributed by atoms with E-state index in [1.165, 1.54) is 0 Å². The molecule has 0 aromatic heterocycles. The number of aldehydes is 1. The van der Waals surface area contributed by atoms with E-state index in [-0.39, 0.29) is 12.3 Å². The van der Waals surface area contributed by atoms with Crippen molar-refractivity contribution in [2.75, 3.05) is 13.1 Å². The zero-order chi connectivity index (χ0) is 16.1. The van der Waals surface area contributed by atoms with Crippen LogP contribution < -0.4 is 0 Å². The standard InChI is InChI=1S/C16H26N2O3/c1-5-13(8-11-19)16(12-17,18-9-6-7-10-18)14(20)21-15(2,3)4/h11,13H,5-10H2,1-4H3/t13-,16?/m1/s1. The number of carbonyl (C=O) groups excluding carboxylic acids is 2. The maximum absolute atomic E-state index is 12.8. The Morgan fingerprint density at radius 1 is 1.38 bits per heavy atom. The molecule has 2 atom stereocenters. The fourth-order valence-electron chi connectivity index (χ4n) is 2.94. The molecule has 1 fully saturated rings. The van der Waals surface area contributed by atoms with Gasteiger partial charge in [0.25, 0.3) is 0 Å². The van der Waals surface area contributed by atoms with E-state index >= 15 is 0 Å². The highest BCUT2D eigenvalue weighted by Crippen LogP contribution is 2.35. The van der Waals surface area contributed by atoms with Crippen molar-refractivity contribution in [3.8, 4) is 6.07 Å². The lowest BCUT2D eigenvalue weighted by Gasteiger charge is -2.40. The second kappa shape index (κ2) is 7.04. The highest BCUT2D eigenvalue weighted by molar-refractivity contribution is 5.86. The molecule has 1 saturated heterocycles. The molecule has 0 spiro atoms. The number of ether oxygens (including phenoxy) is 1. The Morgan fingerprint density at radius 2 is 1.95 bits per heavy atom. The summed E-state index contributed by atoms with van der Waals surface area (Å²) in [7, 11) is 0. The van der Waals surface area contributed by atoms with E-state index in [0.717, 1.165) is 19.1 Å². The minimum Gasteiger partial charge on any atom is -0.458 e. The average molecular weight is 294 g/mol. The lowest BCUT2D eigenvalue weighted by molar-refractivity contribution is -0.169. The smallest absolute Gasteiger partial charge is 0.342 e. The maximum Gasteiger partial charge on any atom is 0.342 e. The molecule has 5 heteroatoms. The molecule has 0 radical (unpaired) electrons. The van der Waals surface area contributed by atoms with E-state index in [9.17, 15) is 14.9 Å². The minimum atomic E-state index is -1.35. The van der Waals surface area contributed by atoms with E-state index in [1.807, 2.05) is 11.8 Å². The molecule has 118 valence electrons. The Morgan fingerprint density at radius 3 is 2.33 bits per heavy atom. The van der Waals surface area contributed by atoms with Crippen molar-refractivity contribution in [2.45, 2.75) is 64.5 Å². The third-order valence-electron chi connectivity index (χ3n) is 3.95. The van der Waals surface area contributed by atoms with Crippen LogP contribution >= 0.6 is 0 Å². The van der Waals surface area contributed by atoms with E-state index < -0.39 is 17.1 Å². The molecule has 1 unspecified atom stereocenters. The highest BCUT2D eigenvalue weighted by Gasteiger charge is 2.53. The molecule has 1 aliphatic heterocycles. The first-order chi connectivity index (χ1) is 9.81.